The first-order chi connectivity index (χ1) is 11.4. The van der Waals surface area contributed by atoms with E-state index in [4.69, 9.17) is 4.74 Å². The number of aromatic nitrogens is 3. The third-order valence-corrected chi connectivity index (χ3v) is 4.29. The molecule has 0 bridgehead atoms. The molecule has 2 aromatic heterocycles. The number of nitrogens with one attached hydrogen (secondary N) is 1. The number of allylic oxidation sites excluding steroid dienone is 2. The Morgan fingerprint density at radius 2 is 2.04 bits per heavy atom. The average Bonchev–Trinajstić information content (AvgIpc) is 3.25. The van der Waals surface area contributed by atoms with Gasteiger partial charge in [-0.2, -0.15) is 0 Å². The fourth-order valence-electron chi connectivity index (χ4n) is 3.11. The molecule has 1 N–H and O–H groups in total. The molecule has 0 amide bonds. The van der Waals surface area contributed by atoms with Crippen LogP contribution in [-0.4, -0.2) is 15.0 Å². The summed E-state index contributed by atoms with van der Waals surface area (Å²) in [6.45, 7) is 0.514. The van der Waals surface area contributed by atoms with E-state index < -0.39 is 0 Å². The average molecular weight is 305 g/mol. The molecule has 0 unspecified atom stereocenters. The van der Waals surface area contributed by atoms with Gasteiger partial charge in [-0.15, -0.1) is 0 Å². The van der Waals surface area contributed by atoms with Crippen LogP contribution in [0.1, 0.15) is 30.4 Å². The summed E-state index contributed by atoms with van der Waals surface area (Å²) in [7, 11) is 0. The van der Waals surface area contributed by atoms with Crippen molar-refractivity contribution < 1.29 is 4.74 Å². The third kappa shape index (κ3) is 2.97. The number of H-pyrrole nitrogens is 1. The molecule has 0 fully saturated rings. The smallest absolute Gasteiger partial charge is 0.226 e. The summed E-state index contributed by atoms with van der Waals surface area (Å²) in [6.07, 6.45) is 10.6. The maximum Gasteiger partial charge on any atom is 0.226 e. The van der Waals surface area contributed by atoms with Crippen molar-refractivity contribution in [2.45, 2.75) is 32.3 Å². The van der Waals surface area contributed by atoms with Gasteiger partial charge in [0, 0.05) is 6.20 Å². The van der Waals surface area contributed by atoms with E-state index >= 15 is 0 Å². The molecule has 0 spiro atoms. The highest BCUT2D eigenvalue weighted by Crippen LogP contribution is 2.30. The molecule has 1 aliphatic carbocycles. The number of fused-ring (bicyclic) bond motifs is 1. The van der Waals surface area contributed by atoms with Gasteiger partial charge in [-0.1, -0.05) is 42.0 Å². The molecule has 0 saturated heterocycles. The van der Waals surface area contributed by atoms with Crippen molar-refractivity contribution in [3.05, 3.63) is 65.6 Å². The van der Waals surface area contributed by atoms with Gasteiger partial charge in [-0.05, 0) is 36.8 Å². The summed E-state index contributed by atoms with van der Waals surface area (Å²) in [6, 6.07) is 10.1. The third-order valence-electron chi connectivity index (χ3n) is 4.29. The van der Waals surface area contributed by atoms with Crippen molar-refractivity contribution in [3.8, 4) is 5.88 Å². The molecule has 0 radical (unpaired) electrons. The van der Waals surface area contributed by atoms with Crippen molar-refractivity contribution in [1.82, 2.24) is 15.0 Å². The second-order valence-electron chi connectivity index (χ2n) is 5.92. The van der Waals surface area contributed by atoms with Crippen LogP contribution in [-0.2, 0) is 13.0 Å². The Bertz CT molecular complexity index is 836. The Kier molecular flexibility index (Phi) is 3.80. The first-order valence-corrected chi connectivity index (χ1v) is 8.06. The summed E-state index contributed by atoms with van der Waals surface area (Å²) in [5.74, 6) is 0.661. The van der Waals surface area contributed by atoms with Crippen LogP contribution in [0.4, 0.5) is 0 Å². The number of rotatable bonds is 5. The molecule has 0 saturated carbocycles. The quantitative estimate of drug-likeness (QED) is 0.719. The van der Waals surface area contributed by atoms with E-state index in [0.717, 1.165) is 23.0 Å². The number of hydrogen-bond donors (Lipinski definition) is 1. The van der Waals surface area contributed by atoms with Gasteiger partial charge in [-0.25, -0.2) is 9.97 Å². The van der Waals surface area contributed by atoms with Crippen LogP contribution in [0, 0.1) is 0 Å². The predicted molar refractivity (Wildman–Crippen MR) is 90.3 cm³/mol. The van der Waals surface area contributed by atoms with Crippen molar-refractivity contribution in [3.63, 3.8) is 0 Å². The van der Waals surface area contributed by atoms with Gasteiger partial charge < -0.3 is 9.72 Å². The molecule has 0 aliphatic heterocycles. The molecule has 1 aliphatic rings. The first kappa shape index (κ1) is 14.0. The van der Waals surface area contributed by atoms with Gasteiger partial charge in [-0.3, -0.25) is 0 Å². The minimum atomic E-state index is 0.514. The number of nitrogens with zero attached hydrogens (tertiary/aromatic N) is 2. The lowest BCUT2D eigenvalue weighted by molar-refractivity contribution is 0.297. The lowest BCUT2D eigenvalue weighted by Crippen LogP contribution is -1.99. The Morgan fingerprint density at radius 1 is 1.13 bits per heavy atom. The highest BCUT2D eigenvalue weighted by atomic mass is 16.5. The molecule has 4 heteroatoms. The number of hydrogen-bond acceptors (Lipinski definition) is 3. The Hall–Kier alpha value is -2.62. The number of ether oxygens (including phenoxy) is 1. The molecule has 3 aromatic rings. The van der Waals surface area contributed by atoms with Crippen LogP contribution in [0.5, 0.6) is 5.88 Å². The van der Waals surface area contributed by atoms with Crippen LogP contribution in [0.2, 0.25) is 0 Å². The van der Waals surface area contributed by atoms with E-state index in [-0.39, 0.29) is 0 Å². The molecule has 4 rings (SSSR count). The van der Waals surface area contributed by atoms with E-state index in [0.29, 0.717) is 12.5 Å². The van der Waals surface area contributed by atoms with Gasteiger partial charge in [0.05, 0.1) is 5.39 Å². The summed E-state index contributed by atoms with van der Waals surface area (Å²) in [5, 5.41) is 1.01. The normalized spacial score (nSPS) is 14.2. The van der Waals surface area contributed by atoms with E-state index in [1.807, 2.05) is 24.4 Å². The molecule has 2 heterocycles. The fourth-order valence-corrected chi connectivity index (χ4v) is 3.11. The van der Waals surface area contributed by atoms with E-state index in [1.54, 1.807) is 6.33 Å². The SMILES string of the molecule is C1=C(Cc2c[nH]c3ncnc(OCc4ccccc4)c23)CCC1. The van der Waals surface area contributed by atoms with Crippen LogP contribution in [0.25, 0.3) is 11.0 Å². The highest BCUT2D eigenvalue weighted by molar-refractivity contribution is 5.85. The highest BCUT2D eigenvalue weighted by Gasteiger charge is 2.15. The minimum absolute atomic E-state index is 0.514. The van der Waals surface area contributed by atoms with Crippen LogP contribution in [0.15, 0.2) is 54.5 Å². The number of aromatic amines is 1. The van der Waals surface area contributed by atoms with Crippen LogP contribution in [0.3, 0.4) is 0 Å². The molecule has 0 atom stereocenters. The van der Waals surface area contributed by atoms with Gasteiger partial charge in [0.15, 0.2) is 0 Å². The topological polar surface area (TPSA) is 50.8 Å². The number of benzene rings is 1. The largest absolute Gasteiger partial charge is 0.472 e. The minimum Gasteiger partial charge on any atom is -0.472 e. The molecular formula is C19H19N3O. The molecule has 23 heavy (non-hydrogen) atoms. The van der Waals surface area contributed by atoms with Gasteiger partial charge >= 0.3 is 0 Å². The maximum atomic E-state index is 5.98. The first-order valence-electron chi connectivity index (χ1n) is 8.06. The molecule has 116 valence electrons. The summed E-state index contributed by atoms with van der Waals surface area (Å²) < 4.78 is 5.98. The summed E-state index contributed by atoms with van der Waals surface area (Å²) >= 11 is 0. The standard InChI is InChI=1S/C19H19N3O/c1-2-8-15(9-3-1)12-23-19-17-16(10-14-6-4-5-7-14)11-20-18(17)21-13-22-19/h1-3,6,8-9,11,13H,4-5,7,10,12H2,(H,20,21,22). The zero-order valence-electron chi connectivity index (χ0n) is 13.0. The Balaban J connectivity index is 1.62. The van der Waals surface area contributed by atoms with E-state index in [9.17, 15) is 0 Å². The van der Waals surface area contributed by atoms with E-state index in [1.165, 1.54) is 30.4 Å². The van der Waals surface area contributed by atoms with Crippen molar-refractivity contribution in [1.29, 1.82) is 0 Å². The van der Waals surface area contributed by atoms with E-state index in [2.05, 4.69) is 33.2 Å². The molecule has 4 nitrogen and oxygen atoms in total. The lowest BCUT2D eigenvalue weighted by Gasteiger charge is -2.08. The zero-order valence-corrected chi connectivity index (χ0v) is 13.0. The van der Waals surface area contributed by atoms with Gasteiger partial charge in [0.1, 0.15) is 18.6 Å². The van der Waals surface area contributed by atoms with Crippen molar-refractivity contribution >= 4 is 11.0 Å². The molecular weight excluding hydrogens is 286 g/mol. The van der Waals surface area contributed by atoms with Crippen molar-refractivity contribution in [2.75, 3.05) is 0 Å². The van der Waals surface area contributed by atoms with Gasteiger partial charge in [0.25, 0.3) is 0 Å². The monoisotopic (exact) mass is 305 g/mol. The Morgan fingerprint density at radius 3 is 2.87 bits per heavy atom. The second-order valence-corrected chi connectivity index (χ2v) is 5.92. The summed E-state index contributed by atoms with van der Waals surface area (Å²) in [5.41, 5.74) is 4.70. The zero-order chi connectivity index (χ0) is 15.5. The molecule has 1 aromatic carbocycles. The van der Waals surface area contributed by atoms with Crippen LogP contribution >= 0.6 is 0 Å². The maximum absolute atomic E-state index is 5.98. The predicted octanol–water partition coefficient (Wildman–Crippen LogP) is 4.19. The lowest BCUT2D eigenvalue weighted by atomic mass is 10.1. The van der Waals surface area contributed by atoms with Gasteiger partial charge in [0.2, 0.25) is 5.88 Å². The van der Waals surface area contributed by atoms with Crippen molar-refractivity contribution in [2.24, 2.45) is 0 Å². The van der Waals surface area contributed by atoms with Crippen LogP contribution < -0.4 is 4.74 Å². The summed E-state index contributed by atoms with van der Waals surface area (Å²) in [4.78, 5) is 11.9. The Labute approximate surface area is 135 Å². The fraction of sp³-hybridized carbons (Fsp3) is 0.263. The second kappa shape index (κ2) is 6.24.